The summed E-state index contributed by atoms with van der Waals surface area (Å²) in [6.45, 7) is 4.60. The largest absolute Gasteiger partial charge is 0.573 e. The summed E-state index contributed by atoms with van der Waals surface area (Å²) in [4.78, 5) is 26.7. The molecule has 128 valence electrons. The topological polar surface area (TPSA) is 71.2 Å². The molecule has 0 aliphatic heterocycles. The molecule has 1 heterocycles. The first-order valence-electron chi connectivity index (χ1n) is 6.96. The predicted molar refractivity (Wildman–Crippen MR) is 81.3 cm³/mol. The van der Waals surface area contributed by atoms with Crippen LogP contribution in [0.5, 0.6) is 5.75 Å². The van der Waals surface area contributed by atoms with Crippen LogP contribution < -0.4 is 10.1 Å². The Labute approximate surface area is 135 Å². The van der Waals surface area contributed by atoms with Crippen molar-refractivity contribution in [1.29, 1.82) is 0 Å². The first-order chi connectivity index (χ1) is 11.1. The van der Waals surface area contributed by atoms with Crippen molar-refractivity contribution in [3.63, 3.8) is 0 Å². The molecule has 2 N–H and O–H groups in total. The molecule has 0 radical (unpaired) electrons. The van der Waals surface area contributed by atoms with Crippen LogP contribution in [0.3, 0.4) is 0 Å². The maximum Gasteiger partial charge on any atom is 0.573 e. The standard InChI is InChI=1S/C16H15F3N2O3/c1-8-13(10(3)22)9(2)20-14(8)15(23)21-11-6-4-5-7-12(11)24-16(17,18)19/h4-7,20H,1-3H3,(H,21,23). The Kier molecular flexibility index (Phi) is 4.68. The van der Waals surface area contributed by atoms with Gasteiger partial charge in [0.1, 0.15) is 5.69 Å². The van der Waals surface area contributed by atoms with Gasteiger partial charge >= 0.3 is 6.36 Å². The highest BCUT2D eigenvalue weighted by Gasteiger charge is 2.32. The van der Waals surface area contributed by atoms with Gasteiger partial charge in [-0.25, -0.2) is 0 Å². The molecule has 0 aliphatic carbocycles. The molecular weight excluding hydrogens is 325 g/mol. The molecule has 2 aromatic rings. The van der Waals surface area contributed by atoms with Gasteiger partial charge in [0, 0.05) is 11.3 Å². The molecule has 1 aromatic carbocycles. The summed E-state index contributed by atoms with van der Waals surface area (Å²) >= 11 is 0. The van der Waals surface area contributed by atoms with Crippen LogP contribution in [0.4, 0.5) is 18.9 Å². The van der Waals surface area contributed by atoms with Gasteiger partial charge in [0.15, 0.2) is 11.5 Å². The van der Waals surface area contributed by atoms with E-state index in [0.717, 1.165) is 6.07 Å². The molecule has 8 heteroatoms. The average molecular weight is 340 g/mol. The van der Waals surface area contributed by atoms with Crippen LogP contribution in [0.15, 0.2) is 24.3 Å². The van der Waals surface area contributed by atoms with E-state index < -0.39 is 18.0 Å². The van der Waals surface area contributed by atoms with Gasteiger partial charge in [0.05, 0.1) is 5.69 Å². The summed E-state index contributed by atoms with van der Waals surface area (Å²) in [5, 5.41) is 2.36. The van der Waals surface area contributed by atoms with Crippen molar-refractivity contribution in [3.8, 4) is 5.75 Å². The summed E-state index contributed by atoms with van der Waals surface area (Å²) in [5.41, 5.74) is 1.33. The highest BCUT2D eigenvalue weighted by molar-refractivity contribution is 6.08. The number of alkyl halides is 3. The minimum absolute atomic E-state index is 0.111. The number of aromatic amines is 1. The van der Waals surface area contributed by atoms with Crippen LogP contribution in [-0.4, -0.2) is 23.0 Å². The quantitative estimate of drug-likeness (QED) is 0.827. The lowest BCUT2D eigenvalue weighted by molar-refractivity contribution is -0.274. The smallest absolute Gasteiger partial charge is 0.404 e. The van der Waals surface area contributed by atoms with Crippen LogP contribution in [0.25, 0.3) is 0 Å². The van der Waals surface area contributed by atoms with E-state index in [-0.39, 0.29) is 17.2 Å². The van der Waals surface area contributed by atoms with Crippen molar-refractivity contribution in [2.75, 3.05) is 5.32 Å². The van der Waals surface area contributed by atoms with Crippen molar-refractivity contribution >= 4 is 17.4 Å². The van der Waals surface area contributed by atoms with Crippen molar-refractivity contribution in [3.05, 3.63) is 46.8 Å². The fourth-order valence-corrected chi connectivity index (χ4v) is 2.47. The molecule has 1 amide bonds. The van der Waals surface area contributed by atoms with E-state index >= 15 is 0 Å². The summed E-state index contributed by atoms with van der Waals surface area (Å²) in [5.74, 6) is -1.39. The molecule has 1 aromatic heterocycles. The number of carbonyl (C=O) groups is 2. The summed E-state index contributed by atoms with van der Waals surface area (Å²) in [6.07, 6.45) is -4.87. The Hall–Kier alpha value is -2.77. The van der Waals surface area contributed by atoms with Crippen LogP contribution in [-0.2, 0) is 0 Å². The number of para-hydroxylation sites is 2. The third-order valence-electron chi connectivity index (χ3n) is 3.38. The zero-order valence-electron chi connectivity index (χ0n) is 13.2. The second-order valence-electron chi connectivity index (χ2n) is 5.18. The normalized spacial score (nSPS) is 11.2. The Bertz CT molecular complexity index is 794. The van der Waals surface area contributed by atoms with E-state index in [9.17, 15) is 22.8 Å². The molecule has 0 saturated heterocycles. The lowest BCUT2D eigenvalue weighted by Gasteiger charge is -2.13. The number of ketones is 1. The molecule has 0 spiro atoms. The number of Topliss-reactive ketones (excluding diaryl/α,β-unsaturated/α-hetero) is 1. The van der Waals surface area contributed by atoms with E-state index in [4.69, 9.17) is 0 Å². The average Bonchev–Trinajstić information content (AvgIpc) is 2.74. The van der Waals surface area contributed by atoms with Gasteiger partial charge in [-0.1, -0.05) is 12.1 Å². The molecule has 5 nitrogen and oxygen atoms in total. The third-order valence-corrected chi connectivity index (χ3v) is 3.38. The lowest BCUT2D eigenvalue weighted by Crippen LogP contribution is -2.20. The Morgan fingerprint density at radius 2 is 1.79 bits per heavy atom. The van der Waals surface area contributed by atoms with Crippen molar-refractivity contribution in [2.45, 2.75) is 27.1 Å². The molecule has 0 saturated carbocycles. The summed E-state index contributed by atoms with van der Waals surface area (Å²) < 4.78 is 41.1. The fourth-order valence-electron chi connectivity index (χ4n) is 2.47. The minimum Gasteiger partial charge on any atom is -0.404 e. The van der Waals surface area contributed by atoms with Crippen LogP contribution in [0.1, 0.15) is 39.0 Å². The molecule has 0 fully saturated rings. The molecule has 0 aliphatic rings. The molecule has 0 atom stereocenters. The maximum atomic E-state index is 12.4. The molecule has 0 bridgehead atoms. The van der Waals surface area contributed by atoms with Crippen molar-refractivity contribution in [2.24, 2.45) is 0 Å². The SMILES string of the molecule is CC(=O)c1c(C)[nH]c(C(=O)Nc2ccccc2OC(F)(F)F)c1C. The first kappa shape index (κ1) is 17.6. The van der Waals surface area contributed by atoms with Gasteiger partial charge < -0.3 is 15.0 Å². The number of hydrogen-bond donors (Lipinski definition) is 2. The van der Waals surface area contributed by atoms with Gasteiger partial charge in [-0.15, -0.1) is 13.2 Å². The number of hydrogen-bond acceptors (Lipinski definition) is 3. The van der Waals surface area contributed by atoms with Gasteiger partial charge in [-0.3, -0.25) is 9.59 Å². The molecule has 24 heavy (non-hydrogen) atoms. The van der Waals surface area contributed by atoms with Crippen LogP contribution >= 0.6 is 0 Å². The Morgan fingerprint density at radius 1 is 1.17 bits per heavy atom. The van der Waals surface area contributed by atoms with E-state index in [1.54, 1.807) is 13.8 Å². The number of aromatic nitrogens is 1. The van der Waals surface area contributed by atoms with Crippen molar-refractivity contribution in [1.82, 2.24) is 4.98 Å². The highest BCUT2D eigenvalue weighted by atomic mass is 19.4. The Balaban J connectivity index is 2.32. The lowest BCUT2D eigenvalue weighted by atomic mass is 10.1. The second kappa shape index (κ2) is 6.38. The van der Waals surface area contributed by atoms with Gasteiger partial charge in [0.25, 0.3) is 5.91 Å². The van der Waals surface area contributed by atoms with Crippen LogP contribution in [0.2, 0.25) is 0 Å². The number of H-pyrrole nitrogens is 1. The number of rotatable bonds is 4. The minimum atomic E-state index is -4.87. The van der Waals surface area contributed by atoms with E-state index in [1.165, 1.54) is 25.1 Å². The van der Waals surface area contributed by atoms with E-state index in [0.29, 0.717) is 16.8 Å². The predicted octanol–water partition coefficient (Wildman–Crippen LogP) is 3.99. The zero-order valence-corrected chi connectivity index (χ0v) is 13.2. The first-order valence-corrected chi connectivity index (χ1v) is 6.96. The number of amides is 1. The van der Waals surface area contributed by atoms with Gasteiger partial charge in [0.2, 0.25) is 0 Å². The third kappa shape index (κ3) is 3.76. The monoisotopic (exact) mass is 340 g/mol. The van der Waals surface area contributed by atoms with E-state index in [2.05, 4.69) is 15.0 Å². The Morgan fingerprint density at radius 3 is 2.33 bits per heavy atom. The van der Waals surface area contributed by atoms with E-state index in [1.807, 2.05) is 0 Å². The summed E-state index contributed by atoms with van der Waals surface area (Å²) in [6, 6.07) is 5.20. The number of benzene rings is 1. The number of anilines is 1. The molecule has 2 rings (SSSR count). The highest BCUT2D eigenvalue weighted by Crippen LogP contribution is 2.30. The zero-order chi connectivity index (χ0) is 18.1. The molecular formula is C16H15F3N2O3. The number of nitrogens with one attached hydrogen (secondary N) is 2. The number of aryl methyl sites for hydroxylation is 1. The number of halogens is 3. The fraction of sp³-hybridized carbons (Fsp3) is 0.250. The number of carbonyl (C=O) groups excluding carboxylic acids is 2. The van der Waals surface area contributed by atoms with Crippen LogP contribution in [0, 0.1) is 13.8 Å². The second-order valence-corrected chi connectivity index (χ2v) is 5.18. The molecule has 0 unspecified atom stereocenters. The maximum absolute atomic E-state index is 12.4. The van der Waals surface area contributed by atoms with Gasteiger partial charge in [-0.05, 0) is 38.5 Å². The van der Waals surface area contributed by atoms with Crippen molar-refractivity contribution < 1.29 is 27.5 Å². The van der Waals surface area contributed by atoms with Gasteiger partial charge in [-0.2, -0.15) is 0 Å². The number of ether oxygens (including phenoxy) is 1. The summed E-state index contributed by atoms with van der Waals surface area (Å²) in [7, 11) is 0.